The highest BCUT2D eigenvalue weighted by atomic mass is 35.5. The first-order chi connectivity index (χ1) is 18.1. The molecule has 2 aromatic carbocycles. The molecule has 2 N–H and O–H groups in total. The molecule has 2 aromatic rings. The summed E-state index contributed by atoms with van der Waals surface area (Å²) in [5.41, 5.74) is 2.63. The Hall–Kier alpha value is -3.57. The number of hydrogen-bond donors (Lipinski definition) is 2. The summed E-state index contributed by atoms with van der Waals surface area (Å²) in [6.45, 7) is 14.2. The van der Waals surface area contributed by atoms with Crippen LogP contribution in [-0.2, 0) is 14.3 Å². The van der Waals surface area contributed by atoms with Crippen LogP contribution in [-0.4, -0.2) is 41.0 Å². The summed E-state index contributed by atoms with van der Waals surface area (Å²) in [7, 11) is 0. The van der Waals surface area contributed by atoms with Crippen LogP contribution in [0.15, 0.2) is 36.4 Å². The number of hydrogen-bond acceptors (Lipinski definition) is 5. The molecule has 0 spiro atoms. The molecule has 0 saturated heterocycles. The van der Waals surface area contributed by atoms with Gasteiger partial charge in [-0.25, -0.2) is 4.79 Å². The standard InChI is InChI=1S/C30H39ClN4O4/c1-18(2)16-24(33-29(38)39-30(6,7)8)28(37)35(15-14-32)26(22-17-19(3)12-13-20(22)4)27(36)34-25-21(5)10-9-11-23(25)31/h9-13,17-18,24,26H,15-16H2,1-8H3,(H,33,38)(H,34,36). The third-order valence-electron chi connectivity index (χ3n) is 5.98. The molecule has 9 heteroatoms. The third-order valence-corrected chi connectivity index (χ3v) is 6.29. The highest BCUT2D eigenvalue weighted by Gasteiger charge is 2.37. The summed E-state index contributed by atoms with van der Waals surface area (Å²) >= 11 is 6.39. The minimum Gasteiger partial charge on any atom is -0.444 e. The number of carbonyl (C=O) groups is 3. The zero-order valence-electron chi connectivity index (χ0n) is 24.0. The van der Waals surface area contributed by atoms with Gasteiger partial charge in [0.25, 0.3) is 5.91 Å². The fourth-order valence-electron chi connectivity index (χ4n) is 4.20. The average Bonchev–Trinajstić information content (AvgIpc) is 2.81. The van der Waals surface area contributed by atoms with Crippen LogP contribution >= 0.6 is 11.6 Å². The Kier molecular flexibility index (Phi) is 10.9. The van der Waals surface area contributed by atoms with Crippen LogP contribution < -0.4 is 10.6 Å². The van der Waals surface area contributed by atoms with E-state index in [2.05, 4.69) is 10.6 Å². The van der Waals surface area contributed by atoms with Gasteiger partial charge in [-0.2, -0.15) is 5.26 Å². The van der Waals surface area contributed by atoms with Crippen molar-refractivity contribution in [2.45, 2.75) is 79.5 Å². The van der Waals surface area contributed by atoms with E-state index in [4.69, 9.17) is 16.3 Å². The van der Waals surface area contributed by atoms with Crippen LogP contribution in [0.4, 0.5) is 10.5 Å². The molecule has 0 bridgehead atoms. The molecule has 210 valence electrons. The number of ether oxygens (including phenoxy) is 1. The van der Waals surface area contributed by atoms with E-state index in [-0.39, 0.29) is 18.9 Å². The van der Waals surface area contributed by atoms with Crippen LogP contribution in [0.3, 0.4) is 0 Å². The van der Waals surface area contributed by atoms with E-state index in [0.29, 0.717) is 16.3 Å². The van der Waals surface area contributed by atoms with Gasteiger partial charge in [0.2, 0.25) is 5.91 Å². The van der Waals surface area contributed by atoms with Crippen LogP contribution in [0, 0.1) is 38.0 Å². The van der Waals surface area contributed by atoms with E-state index in [1.807, 2.05) is 65.0 Å². The van der Waals surface area contributed by atoms with Crippen molar-refractivity contribution >= 4 is 35.2 Å². The number of nitrogens with zero attached hydrogens (tertiary/aromatic N) is 2. The monoisotopic (exact) mass is 554 g/mol. The zero-order chi connectivity index (χ0) is 29.5. The van der Waals surface area contributed by atoms with E-state index in [9.17, 15) is 19.6 Å². The van der Waals surface area contributed by atoms with E-state index in [1.54, 1.807) is 32.9 Å². The Bertz CT molecular complexity index is 1230. The maximum Gasteiger partial charge on any atom is 0.408 e. The summed E-state index contributed by atoms with van der Waals surface area (Å²) in [5.74, 6) is -1.06. The number of benzene rings is 2. The van der Waals surface area contributed by atoms with Crippen molar-refractivity contribution in [3.05, 3.63) is 63.7 Å². The maximum atomic E-state index is 14.1. The lowest BCUT2D eigenvalue weighted by atomic mass is 9.95. The Morgan fingerprint density at radius 2 is 1.74 bits per heavy atom. The van der Waals surface area contributed by atoms with Gasteiger partial charge in [0.05, 0.1) is 16.8 Å². The van der Waals surface area contributed by atoms with Gasteiger partial charge in [-0.3, -0.25) is 9.59 Å². The first kappa shape index (κ1) is 31.6. The van der Waals surface area contributed by atoms with Gasteiger partial charge < -0.3 is 20.3 Å². The molecule has 2 atom stereocenters. The topological polar surface area (TPSA) is 112 Å². The quantitative estimate of drug-likeness (QED) is 0.356. The normalized spacial score (nSPS) is 12.7. The lowest BCUT2D eigenvalue weighted by molar-refractivity contribution is -0.140. The number of halogens is 1. The number of alkyl carbamates (subject to hydrolysis) is 1. The number of amides is 3. The highest BCUT2D eigenvalue weighted by Crippen LogP contribution is 2.31. The number of rotatable bonds is 9. The van der Waals surface area contributed by atoms with Crippen molar-refractivity contribution in [2.75, 3.05) is 11.9 Å². The fraction of sp³-hybridized carbons (Fsp3) is 0.467. The summed E-state index contributed by atoms with van der Waals surface area (Å²) in [6.07, 6.45) is -0.469. The second kappa shape index (κ2) is 13.5. The predicted octanol–water partition coefficient (Wildman–Crippen LogP) is 6.24. The van der Waals surface area contributed by atoms with Crippen LogP contribution in [0.25, 0.3) is 0 Å². The predicted molar refractivity (Wildman–Crippen MR) is 153 cm³/mol. The minimum atomic E-state index is -1.16. The van der Waals surface area contributed by atoms with Crippen LogP contribution in [0.2, 0.25) is 5.02 Å². The van der Waals surface area contributed by atoms with Gasteiger partial charge >= 0.3 is 6.09 Å². The van der Waals surface area contributed by atoms with Crippen LogP contribution in [0.1, 0.15) is 69.3 Å². The van der Waals surface area contributed by atoms with Crippen LogP contribution in [0.5, 0.6) is 0 Å². The van der Waals surface area contributed by atoms with Crippen molar-refractivity contribution in [1.82, 2.24) is 10.2 Å². The molecular weight excluding hydrogens is 516 g/mol. The molecule has 0 fully saturated rings. The van der Waals surface area contributed by atoms with Gasteiger partial charge in [-0.1, -0.05) is 61.3 Å². The summed E-state index contributed by atoms with van der Waals surface area (Å²) in [6, 6.07) is 10.7. The number of anilines is 1. The molecule has 0 aliphatic heterocycles. The Balaban J connectivity index is 2.61. The lowest BCUT2D eigenvalue weighted by Gasteiger charge is -2.34. The molecule has 0 heterocycles. The first-order valence-electron chi connectivity index (χ1n) is 12.9. The number of carbonyl (C=O) groups excluding carboxylic acids is 3. The Morgan fingerprint density at radius 1 is 1.08 bits per heavy atom. The van der Waals surface area contributed by atoms with E-state index in [1.165, 1.54) is 4.90 Å². The first-order valence-corrected chi connectivity index (χ1v) is 13.3. The number of para-hydroxylation sites is 1. The summed E-state index contributed by atoms with van der Waals surface area (Å²) in [5, 5.41) is 15.7. The van der Waals surface area contributed by atoms with E-state index < -0.39 is 35.6 Å². The number of nitrogens with one attached hydrogen (secondary N) is 2. The molecule has 0 aromatic heterocycles. The van der Waals surface area contributed by atoms with E-state index in [0.717, 1.165) is 16.7 Å². The van der Waals surface area contributed by atoms with Gasteiger partial charge in [0.15, 0.2) is 0 Å². The second-order valence-corrected chi connectivity index (χ2v) is 11.5. The average molecular weight is 555 g/mol. The molecule has 2 unspecified atom stereocenters. The fourth-order valence-corrected chi connectivity index (χ4v) is 4.47. The third kappa shape index (κ3) is 9.00. The van der Waals surface area contributed by atoms with Crippen molar-refractivity contribution in [1.29, 1.82) is 5.26 Å². The molecule has 39 heavy (non-hydrogen) atoms. The van der Waals surface area contributed by atoms with Gasteiger partial charge in [-0.15, -0.1) is 0 Å². The Labute approximate surface area is 236 Å². The minimum absolute atomic E-state index is 0.0246. The van der Waals surface area contributed by atoms with Crippen molar-refractivity contribution in [3.8, 4) is 6.07 Å². The largest absolute Gasteiger partial charge is 0.444 e. The molecular formula is C30H39ClN4O4. The molecule has 3 amide bonds. The van der Waals surface area contributed by atoms with E-state index >= 15 is 0 Å². The highest BCUT2D eigenvalue weighted by molar-refractivity contribution is 6.34. The Morgan fingerprint density at radius 3 is 2.31 bits per heavy atom. The van der Waals surface area contributed by atoms with Crippen molar-refractivity contribution in [2.24, 2.45) is 5.92 Å². The smallest absolute Gasteiger partial charge is 0.408 e. The summed E-state index contributed by atoms with van der Waals surface area (Å²) < 4.78 is 5.39. The number of aryl methyl sites for hydroxylation is 3. The van der Waals surface area contributed by atoms with Crippen molar-refractivity contribution in [3.63, 3.8) is 0 Å². The number of nitriles is 1. The van der Waals surface area contributed by atoms with Crippen molar-refractivity contribution < 1.29 is 19.1 Å². The molecule has 2 rings (SSSR count). The second-order valence-electron chi connectivity index (χ2n) is 11.1. The zero-order valence-corrected chi connectivity index (χ0v) is 24.8. The maximum absolute atomic E-state index is 14.1. The molecule has 0 aliphatic rings. The molecule has 8 nitrogen and oxygen atoms in total. The van der Waals surface area contributed by atoms with Gasteiger partial charge in [0.1, 0.15) is 24.2 Å². The van der Waals surface area contributed by atoms with Gasteiger partial charge in [-0.05, 0) is 76.6 Å². The van der Waals surface area contributed by atoms with Gasteiger partial charge in [0, 0.05) is 0 Å². The summed E-state index contributed by atoms with van der Waals surface area (Å²) in [4.78, 5) is 41.9. The molecule has 0 aliphatic carbocycles. The lowest BCUT2D eigenvalue weighted by Crippen LogP contribution is -2.53. The molecule has 0 radical (unpaired) electrons. The molecule has 0 saturated carbocycles. The SMILES string of the molecule is Cc1ccc(C)c(C(C(=O)Nc2c(C)cccc2Cl)N(CC#N)C(=O)C(CC(C)C)NC(=O)OC(C)(C)C)c1.